The molecule has 0 aliphatic carbocycles. The Morgan fingerprint density at radius 1 is 1.47 bits per heavy atom. The zero-order chi connectivity index (χ0) is 14.3. The van der Waals surface area contributed by atoms with Crippen molar-refractivity contribution < 1.29 is 14.6 Å². The van der Waals surface area contributed by atoms with E-state index in [1.807, 2.05) is 31.2 Å². The quantitative estimate of drug-likeness (QED) is 0.733. The number of benzene rings is 1. The van der Waals surface area contributed by atoms with Crippen LogP contribution in [0.25, 0.3) is 0 Å². The maximum absolute atomic E-state index is 12.3. The number of aryl methyl sites for hydroxylation is 1. The van der Waals surface area contributed by atoms with Gasteiger partial charge in [-0.15, -0.1) is 0 Å². The summed E-state index contributed by atoms with van der Waals surface area (Å²) in [5.74, 6) is -0.309. The fourth-order valence-corrected chi connectivity index (χ4v) is 2.26. The number of hydrogen-bond donors (Lipinski definition) is 2. The van der Waals surface area contributed by atoms with Crippen LogP contribution in [0.3, 0.4) is 0 Å². The van der Waals surface area contributed by atoms with Crippen molar-refractivity contribution in [1.82, 2.24) is 0 Å². The van der Waals surface area contributed by atoms with Crippen molar-refractivity contribution in [2.24, 2.45) is 5.73 Å². The molecule has 4 heteroatoms. The van der Waals surface area contributed by atoms with E-state index in [9.17, 15) is 4.79 Å². The highest BCUT2D eigenvalue weighted by Crippen LogP contribution is 2.30. The van der Waals surface area contributed by atoms with Crippen LogP contribution in [-0.4, -0.2) is 30.8 Å². The van der Waals surface area contributed by atoms with Gasteiger partial charge in [-0.05, 0) is 32.3 Å². The maximum atomic E-state index is 12.3. The molecule has 0 aliphatic rings. The molecule has 0 aliphatic heterocycles. The molecule has 4 nitrogen and oxygen atoms in total. The van der Waals surface area contributed by atoms with Gasteiger partial charge >= 0.3 is 5.97 Å². The van der Waals surface area contributed by atoms with E-state index < -0.39 is 5.41 Å². The number of nitrogens with two attached hydrogens (primary N) is 1. The summed E-state index contributed by atoms with van der Waals surface area (Å²) >= 11 is 0. The lowest BCUT2D eigenvalue weighted by Crippen LogP contribution is -2.44. The monoisotopic (exact) mass is 265 g/mol. The van der Waals surface area contributed by atoms with Crippen molar-refractivity contribution in [3.05, 3.63) is 35.4 Å². The van der Waals surface area contributed by atoms with Crippen LogP contribution in [0.1, 0.15) is 30.9 Å². The number of hydrogen-bond acceptors (Lipinski definition) is 4. The van der Waals surface area contributed by atoms with Gasteiger partial charge in [0.1, 0.15) is 5.41 Å². The fourth-order valence-electron chi connectivity index (χ4n) is 2.26. The first-order valence-corrected chi connectivity index (χ1v) is 6.66. The van der Waals surface area contributed by atoms with E-state index in [-0.39, 0.29) is 19.1 Å². The number of carbonyl (C=O) groups excluding carboxylic acids is 1. The van der Waals surface area contributed by atoms with Crippen LogP contribution in [0.2, 0.25) is 0 Å². The minimum Gasteiger partial charge on any atom is -0.465 e. The van der Waals surface area contributed by atoms with Crippen molar-refractivity contribution in [1.29, 1.82) is 0 Å². The number of aliphatic hydroxyl groups is 1. The SMILES string of the molecule is CCOC(=O)C(CN)(CCCO)c1cccc(C)c1. The van der Waals surface area contributed by atoms with Crippen LogP contribution in [0.15, 0.2) is 24.3 Å². The number of carbonyl (C=O) groups is 1. The molecule has 0 fully saturated rings. The third-order valence-electron chi connectivity index (χ3n) is 3.35. The molecule has 1 aromatic carbocycles. The Balaban J connectivity index is 3.18. The first kappa shape index (κ1) is 15.7. The molecule has 106 valence electrons. The molecule has 0 saturated heterocycles. The lowest BCUT2D eigenvalue weighted by atomic mass is 9.76. The summed E-state index contributed by atoms with van der Waals surface area (Å²) in [4.78, 5) is 12.3. The van der Waals surface area contributed by atoms with Gasteiger partial charge in [0.2, 0.25) is 0 Å². The average molecular weight is 265 g/mol. The molecule has 0 amide bonds. The molecule has 0 saturated carbocycles. The summed E-state index contributed by atoms with van der Waals surface area (Å²) in [7, 11) is 0. The van der Waals surface area contributed by atoms with Gasteiger partial charge in [0.25, 0.3) is 0 Å². The maximum Gasteiger partial charge on any atom is 0.317 e. The van der Waals surface area contributed by atoms with Gasteiger partial charge in [0.15, 0.2) is 0 Å². The van der Waals surface area contributed by atoms with E-state index >= 15 is 0 Å². The Kier molecular flexibility index (Phi) is 5.99. The summed E-state index contributed by atoms with van der Waals surface area (Å²) in [5.41, 5.74) is 6.96. The zero-order valence-corrected chi connectivity index (χ0v) is 11.7. The van der Waals surface area contributed by atoms with Crippen molar-refractivity contribution in [3.63, 3.8) is 0 Å². The standard InChI is InChI=1S/C15H23NO3/c1-3-19-14(18)15(11-16,8-5-9-17)13-7-4-6-12(2)10-13/h4,6-7,10,17H,3,5,8-9,11,16H2,1-2H3. The number of esters is 1. The second-order valence-electron chi connectivity index (χ2n) is 4.70. The molecule has 1 unspecified atom stereocenters. The van der Waals surface area contributed by atoms with E-state index in [1.165, 1.54) is 0 Å². The van der Waals surface area contributed by atoms with Crippen molar-refractivity contribution in [2.45, 2.75) is 32.1 Å². The van der Waals surface area contributed by atoms with Crippen LogP contribution in [0.4, 0.5) is 0 Å². The first-order chi connectivity index (χ1) is 9.10. The normalized spacial score (nSPS) is 13.9. The highest BCUT2D eigenvalue weighted by atomic mass is 16.5. The molecule has 1 rings (SSSR count). The van der Waals surface area contributed by atoms with Crippen LogP contribution >= 0.6 is 0 Å². The van der Waals surface area contributed by atoms with Gasteiger partial charge in [-0.3, -0.25) is 4.79 Å². The van der Waals surface area contributed by atoms with Crippen LogP contribution in [-0.2, 0) is 14.9 Å². The van der Waals surface area contributed by atoms with Crippen LogP contribution in [0, 0.1) is 6.92 Å². The summed E-state index contributed by atoms with van der Waals surface area (Å²) in [6.45, 7) is 4.29. The van der Waals surface area contributed by atoms with E-state index in [2.05, 4.69) is 0 Å². The molecular formula is C15H23NO3. The third kappa shape index (κ3) is 3.55. The van der Waals surface area contributed by atoms with Gasteiger partial charge in [-0.25, -0.2) is 0 Å². The predicted molar refractivity (Wildman–Crippen MR) is 74.9 cm³/mol. The van der Waals surface area contributed by atoms with Gasteiger partial charge < -0.3 is 15.6 Å². The highest BCUT2D eigenvalue weighted by molar-refractivity contribution is 5.83. The smallest absolute Gasteiger partial charge is 0.317 e. The Hall–Kier alpha value is -1.39. The van der Waals surface area contributed by atoms with Gasteiger partial charge in [-0.2, -0.15) is 0 Å². The predicted octanol–water partition coefficient (Wildman–Crippen LogP) is 1.53. The van der Waals surface area contributed by atoms with Crippen molar-refractivity contribution >= 4 is 5.97 Å². The summed E-state index contributed by atoms with van der Waals surface area (Å²) in [6, 6.07) is 7.74. The molecule has 1 aromatic rings. The minimum atomic E-state index is -0.856. The average Bonchev–Trinajstić information content (AvgIpc) is 2.40. The summed E-state index contributed by atoms with van der Waals surface area (Å²) in [5, 5.41) is 9.05. The van der Waals surface area contributed by atoms with Crippen LogP contribution < -0.4 is 5.73 Å². The van der Waals surface area contributed by atoms with Crippen molar-refractivity contribution in [2.75, 3.05) is 19.8 Å². The largest absolute Gasteiger partial charge is 0.465 e. The molecule has 0 aromatic heterocycles. The minimum absolute atomic E-state index is 0.0347. The van der Waals surface area contributed by atoms with Gasteiger partial charge in [0.05, 0.1) is 6.61 Å². The zero-order valence-electron chi connectivity index (χ0n) is 11.7. The Morgan fingerprint density at radius 3 is 2.74 bits per heavy atom. The molecule has 0 heterocycles. The lowest BCUT2D eigenvalue weighted by Gasteiger charge is -2.30. The Bertz CT molecular complexity index is 420. The topological polar surface area (TPSA) is 72.5 Å². The third-order valence-corrected chi connectivity index (χ3v) is 3.35. The molecule has 0 bridgehead atoms. The van der Waals surface area contributed by atoms with E-state index in [0.717, 1.165) is 11.1 Å². The molecule has 1 atom stereocenters. The second-order valence-corrected chi connectivity index (χ2v) is 4.70. The molecule has 0 spiro atoms. The fraction of sp³-hybridized carbons (Fsp3) is 0.533. The number of ether oxygens (including phenoxy) is 1. The number of aliphatic hydroxyl groups excluding tert-OH is 1. The molecule has 3 N–H and O–H groups in total. The highest BCUT2D eigenvalue weighted by Gasteiger charge is 2.40. The molecule has 0 radical (unpaired) electrons. The lowest BCUT2D eigenvalue weighted by molar-refractivity contribution is -0.150. The number of rotatable bonds is 7. The molecule has 19 heavy (non-hydrogen) atoms. The van der Waals surface area contributed by atoms with E-state index in [0.29, 0.717) is 19.4 Å². The van der Waals surface area contributed by atoms with Gasteiger partial charge in [0, 0.05) is 13.2 Å². The van der Waals surface area contributed by atoms with E-state index in [4.69, 9.17) is 15.6 Å². The Labute approximate surface area is 114 Å². The molecular weight excluding hydrogens is 242 g/mol. The summed E-state index contributed by atoms with van der Waals surface area (Å²) in [6.07, 6.45) is 1.01. The second kappa shape index (κ2) is 7.26. The van der Waals surface area contributed by atoms with E-state index in [1.54, 1.807) is 6.92 Å². The first-order valence-electron chi connectivity index (χ1n) is 6.66. The van der Waals surface area contributed by atoms with Crippen molar-refractivity contribution in [3.8, 4) is 0 Å². The van der Waals surface area contributed by atoms with Crippen LogP contribution in [0.5, 0.6) is 0 Å². The van der Waals surface area contributed by atoms with Gasteiger partial charge in [-0.1, -0.05) is 29.8 Å². The Morgan fingerprint density at radius 2 is 2.21 bits per heavy atom. The summed E-state index contributed by atoms with van der Waals surface area (Å²) < 4.78 is 5.19.